The van der Waals surface area contributed by atoms with Gasteiger partial charge in [0.15, 0.2) is 11.6 Å². The summed E-state index contributed by atoms with van der Waals surface area (Å²) in [4.78, 5) is 16.7. The van der Waals surface area contributed by atoms with Gasteiger partial charge in [-0.05, 0) is 48.4 Å². The minimum Gasteiger partial charge on any atom is -0.451 e. The maximum Gasteiger partial charge on any atom is 0.345 e. The van der Waals surface area contributed by atoms with Gasteiger partial charge in [-0.2, -0.15) is 21.5 Å². The third-order valence-corrected chi connectivity index (χ3v) is 8.69. The van der Waals surface area contributed by atoms with Crippen molar-refractivity contribution in [1.29, 1.82) is 0 Å². The normalized spacial score (nSPS) is 16.0. The zero-order chi connectivity index (χ0) is 29.5. The predicted molar refractivity (Wildman–Crippen MR) is 149 cm³/mol. The van der Waals surface area contributed by atoms with Crippen molar-refractivity contribution in [3.63, 3.8) is 0 Å². The van der Waals surface area contributed by atoms with E-state index in [1.54, 1.807) is 12.1 Å². The highest BCUT2D eigenvalue weighted by molar-refractivity contribution is 7.90. The molecule has 0 bridgehead atoms. The molecule has 1 aliphatic heterocycles. The predicted octanol–water partition coefficient (Wildman–Crippen LogP) is 5.81. The fourth-order valence-corrected chi connectivity index (χ4v) is 6.23. The molecule has 1 fully saturated rings. The lowest BCUT2D eigenvalue weighted by molar-refractivity contribution is -0.157. The summed E-state index contributed by atoms with van der Waals surface area (Å²) in [6, 6.07) is 11.6. The molecule has 2 heterocycles. The number of ether oxygens (including phenoxy) is 2. The molecule has 9 nitrogen and oxygen atoms in total. The van der Waals surface area contributed by atoms with Gasteiger partial charge in [0.2, 0.25) is 0 Å². The number of nitrogens with one attached hydrogen (secondary N) is 1. The summed E-state index contributed by atoms with van der Waals surface area (Å²) in [7, 11) is -2.50. The van der Waals surface area contributed by atoms with Gasteiger partial charge in [-0.15, -0.1) is 0 Å². The van der Waals surface area contributed by atoms with E-state index in [1.807, 2.05) is 0 Å². The molecule has 4 aromatic rings. The lowest BCUT2D eigenvalue weighted by Gasteiger charge is -2.18. The molecular weight excluding hydrogens is 608 g/mol. The Morgan fingerprint density at radius 1 is 1.07 bits per heavy atom. The van der Waals surface area contributed by atoms with E-state index in [0.29, 0.717) is 16.6 Å². The van der Waals surface area contributed by atoms with E-state index in [9.17, 15) is 26.4 Å². The summed E-state index contributed by atoms with van der Waals surface area (Å²) in [5.41, 5.74) is 1.02. The number of benzene rings is 3. The first-order chi connectivity index (χ1) is 19.4. The quantitative estimate of drug-likeness (QED) is 0.264. The molecule has 0 radical (unpaired) electrons. The van der Waals surface area contributed by atoms with E-state index < -0.39 is 34.3 Å². The first-order valence-electron chi connectivity index (χ1n) is 12.1. The second-order valence-corrected chi connectivity index (χ2v) is 11.5. The molecule has 216 valence electrons. The van der Waals surface area contributed by atoms with E-state index in [2.05, 4.69) is 14.4 Å². The molecular formula is C26H21Cl2F3N4O5S. The molecule has 1 aliphatic rings. The number of fused-ring (bicyclic) bond motifs is 1. The van der Waals surface area contributed by atoms with Crippen LogP contribution in [0.5, 0.6) is 11.5 Å². The number of aromatic nitrogens is 2. The van der Waals surface area contributed by atoms with Crippen molar-refractivity contribution in [2.24, 2.45) is 7.05 Å². The summed E-state index contributed by atoms with van der Waals surface area (Å²) < 4.78 is 80.0. The summed E-state index contributed by atoms with van der Waals surface area (Å²) in [6.45, 7) is -3.15. The average molecular weight is 629 g/mol. The fraction of sp³-hybridized carbons (Fsp3) is 0.231. The standard InChI is InChI=1S/C26H21Cl2F3N4O5S/c1-34-13-32-19-8-9-20(23(28)21(19)25(34)36)40-24-18(29)7-6-17(22(24)27)14-2-4-15(5-3-14)33-41(37,38)35-11-10-16(12-35)39-26(30)31/h2-9,13,16,26,33H,10-12H2,1H3/t16-/m1/s1. The van der Waals surface area contributed by atoms with Crippen molar-refractivity contribution >= 4 is 50.0 Å². The van der Waals surface area contributed by atoms with Crippen LogP contribution in [0.1, 0.15) is 6.42 Å². The topological polar surface area (TPSA) is 103 Å². The first-order valence-corrected chi connectivity index (χ1v) is 14.3. The Kier molecular flexibility index (Phi) is 8.17. The van der Waals surface area contributed by atoms with Gasteiger partial charge in [0.1, 0.15) is 5.75 Å². The second-order valence-electron chi connectivity index (χ2n) is 9.12. The number of aryl methyl sites for hydroxylation is 1. The number of hydrogen-bond donors (Lipinski definition) is 1. The Bertz CT molecular complexity index is 1790. The van der Waals surface area contributed by atoms with Crippen molar-refractivity contribution in [2.75, 3.05) is 17.8 Å². The number of alkyl halides is 2. The number of hydrogen-bond acceptors (Lipinski definition) is 6. The molecule has 15 heteroatoms. The van der Waals surface area contributed by atoms with Crippen molar-refractivity contribution in [1.82, 2.24) is 13.9 Å². The first kappa shape index (κ1) is 29.1. The zero-order valence-electron chi connectivity index (χ0n) is 21.2. The monoisotopic (exact) mass is 628 g/mol. The average Bonchev–Trinajstić information content (AvgIpc) is 3.39. The molecule has 0 amide bonds. The maximum atomic E-state index is 14.9. The molecule has 1 atom stereocenters. The molecule has 1 aromatic heterocycles. The van der Waals surface area contributed by atoms with Crippen LogP contribution in [-0.4, -0.2) is 48.1 Å². The van der Waals surface area contributed by atoms with Crippen molar-refractivity contribution in [2.45, 2.75) is 19.1 Å². The van der Waals surface area contributed by atoms with Crippen molar-refractivity contribution < 1.29 is 31.1 Å². The van der Waals surface area contributed by atoms with Gasteiger partial charge in [-0.25, -0.2) is 9.37 Å². The highest BCUT2D eigenvalue weighted by Crippen LogP contribution is 2.42. The van der Waals surface area contributed by atoms with Crippen LogP contribution >= 0.6 is 23.2 Å². The van der Waals surface area contributed by atoms with Crippen LogP contribution in [0, 0.1) is 5.82 Å². The summed E-state index contributed by atoms with van der Waals surface area (Å²) in [5, 5.41) is -0.0413. The highest BCUT2D eigenvalue weighted by atomic mass is 35.5. The van der Waals surface area contributed by atoms with Gasteiger partial charge in [0.25, 0.3) is 5.56 Å². The molecule has 41 heavy (non-hydrogen) atoms. The summed E-state index contributed by atoms with van der Waals surface area (Å²) in [5.74, 6) is -1.11. The number of nitrogens with zero attached hydrogens (tertiary/aromatic N) is 3. The van der Waals surface area contributed by atoms with Crippen LogP contribution in [0.2, 0.25) is 10.0 Å². The molecule has 3 aromatic carbocycles. The van der Waals surface area contributed by atoms with Gasteiger partial charge in [-0.3, -0.25) is 9.52 Å². The minimum absolute atomic E-state index is 0.00456. The number of rotatable bonds is 8. The number of anilines is 1. The summed E-state index contributed by atoms with van der Waals surface area (Å²) in [6.07, 6.45) is 0.610. The molecule has 0 unspecified atom stereocenters. The number of halogens is 5. The molecule has 1 N–H and O–H groups in total. The summed E-state index contributed by atoms with van der Waals surface area (Å²) >= 11 is 13.0. The van der Waals surface area contributed by atoms with Crippen molar-refractivity contribution in [3.05, 3.63) is 81.1 Å². The Balaban J connectivity index is 1.38. The smallest absolute Gasteiger partial charge is 0.345 e. The van der Waals surface area contributed by atoms with Crippen LogP contribution in [-0.2, 0) is 22.0 Å². The molecule has 1 saturated heterocycles. The Hall–Kier alpha value is -3.36. The minimum atomic E-state index is -4.02. The van der Waals surface area contributed by atoms with Crippen LogP contribution < -0.4 is 15.0 Å². The SMILES string of the molecule is Cn1cnc2ccc(Oc3c(F)ccc(-c4ccc(NS(=O)(=O)N5CC[C@@H](OC(F)F)C5)cc4)c3Cl)c(Cl)c2c1=O. The van der Waals surface area contributed by atoms with E-state index >= 15 is 0 Å². The molecule has 0 saturated carbocycles. The third kappa shape index (κ3) is 5.99. The second kappa shape index (κ2) is 11.5. The van der Waals surface area contributed by atoms with Gasteiger partial charge in [-0.1, -0.05) is 35.3 Å². The molecule has 0 aliphatic carbocycles. The van der Waals surface area contributed by atoms with Gasteiger partial charge in [0, 0.05) is 31.4 Å². The van der Waals surface area contributed by atoms with Crippen LogP contribution in [0.25, 0.3) is 22.0 Å². The van der Waals surface area contributed by atoms with Crippen LogP contribution in [0.15, 0.2) is 59.7 Å². The zero-order valence-corrected chi connectivity index (χ0v) is 23.5. The Labute approximate surface area is 242 Å². The van der Waals surface area contributed by atoms with E-state index in [-0.39, 0.29) is 52.1 Å². The van der Waals surface area contributed by atoms with Crippen LogP contribution in [0.4, 0.5) is 18.9 Å². The van der Waals surface area contributed by atoms with Gasteiger partial charge < -0.3 is 14.0 Å². The van der Waals surface area contributed by atoms with E-state index in [4.69, 9.17) is 27.9 Å². The van der Waals surface area contributed by atoms with Crippen molar-refractivity contribution in [3.8, 4) is 22.6 Å². The van der Waals surface area contributed by atoms with E-state index in [1.165, 1.54) is 48.3 Å². The largest absolute Gasteiger partial charge is 0.451 e. The van der Waals surface area contributed by atoms with Gasteiger partial charge in [0.05, 0.1) is 33.4 Å². The lowest BCUT2D eigenvalue weighted by Crippen LogP contribution is -2.35. The maximum absolute atomic E-state index is 14.9. The Morgan fingerprint density at radius 2 is 1.80 bits per heavy atom. The third-order valence-electron chi connectivity index (χ3n) is 6.44. The highest BCUT2D eigenvalue weighted by Gasteiger charge is 2.33. The van der Waals surface area contributed by atoms with E-state index in [0.717, 1.165) is 10.4 Å². The van der Waals surface area contributed by atoms with Crippen LogP contribution in [0.3, 0.4) is 0 Å². The fourth-order valence-electron chi connectivity index (χ4n) is 4.38. The molecule has 0 spiro atoms. The van der Waals surface area contributed by atoms with Gasteiger partial charge >= 0.3 is 16.8 Å². The Morgan fingerprint density at radius 3 is 2.51 bits per heavy atom. The molecule has 5 rings (SSSR count). The lowest BCUT2D eigenvalue weighted by atomic mass is 10.0.